The second-order valence-corrected chi connectivity index (χ2v) is 6.17. The van der Waals surface area contributed by atoms with E-state index in [0.29, 0.717) is 5.92 Å². The van der Waals surface area contributed by atoms with Crippen molar-refractivity contribution in [1.82, 2.24) is 14.9 Å². The van der Waals surface area contributed by atoms with E-state index in [9.17, 15) is 0 Å². The second kappa shape index (κ2) is 6.45. The van der Waals surface area contributed by atoms with Crippen LogP contribution in [0.3, 0.4) is 0 Å². The van der Waals surface area contributed by atoms with Crippen LogP contribution in [0.15, 0.2) is 12.5 Å². The van der Waals surface area contributed by atoms with E-state index in [0.717, 1.165) is 18.3 Å². The number of thioether (sulfide) groups is 1. The standard InChI is InChI=1S/C13H23N3S/c1-11(17-2)5-7-16-10-15-9-13(16)12-4-3-6-14-8-12/h9-12,14H,3-8H2,1-2H3. The largest absolute Gasteiger partial charge is 0.334 e. The van der Waals surface area contributed by atoms with Gasteiger partial charge in [0.15, 0.2) is 0 Å². The Morgan fingerprint density at radius 2 is 2.53 bits per heavy atom. The van der Waals surface area contributed by atoms with Crippen LogP contribution in [0.25, 0.3) is 0 Å². The number of nitrogens with zero attached hydrogens (tertiary/aromatic N) is 2. The van der Waals surface area contributed by atoms with Gasteiger partial charge in [-0.05, 0) is 32.1 Å². The van der Waals surface area contributed by atoms with Crippen LogP contribution in [0.5, 0.6) is 0 Å². The second-order valence-electron chi connectivity index (χ2n) is 4.89. The molecule has 1 aliphatic rings. The number of nitrogens with one attached hydrogen (secondary N) is 1. The lowest BCUT2D eigenvalue weighted by Gasteiger charge is -2.24. The summed E-state index contributed by atoms with van der Waals surface area (Å²) in [6, 6.07) is 0. The highest BCUT2D eigenvalue weighted by Gasteiger charge is 2.18. The van der Waals surface area contributed by atoms with Crippen molar-refractivity contribution in [2.24, 2.45) is 0 Å². The molecule has 0 saturated carbocycles. The number of hydrogen-bond acceptors (Lipinski definition) is 3. The molecule has 2 heterocycles. The summed E-state index contributed by atoms with van der Waals surface area (Å²) in [5.41, 5.74) is 1.42. The predicted octanol–water partition coefficient (Wildman–Crippen LogP) is 2.49. The quantitative estimate of drug-likeness (QED) is 0.874. The fourth-order valence-electron chi connectivity index (χ4n) is 2.40. The zero-order valence-corrected chi connectivity index (χ0v) is 11.7. The number of imidazole rings is 1. The van der Waals surface area contributed by atoms with Gasteiger partial charge in [0.25, 0.3) is 0 Å². The van der Waals surface area contributed by atoms with Crippen LogP contribution in [0.2, 0.25) is 0 Å². The molecule has 2 atom stereocenters. The Kier molecular flexibility index (Phi) is 4.92. The monoisotopic (exact) mass is 253 g/mol. The first-order valence-electron chi connectivity index (χ1n) is 6.54. The van der Waals surface area contributed by atoms with E-state index in [2.05, 4.69) is 34.2 Å². The number of aromatic nitrogens is 2. The van der Waals surface area contributed by atoms with E-state index in [1.54, 1.807) is 0 Å². The molecular formula is C13H23N3S. The smallest absolute Gasteiger partial charge is 0.0948 e. The van der Waals surface area contributed by atoms with Gasteiger partial charge >= 0.3 is 0 Å². The van der Waals surface area contributed by atoms with Crippen molar-refractivity contribution in [2.45, 2.75) is 43.9 Å². The van der Waals surface area contributed by atoms with Crippen molar-refractivity contribution in [3.8, 4) is 0 Å². The third-order valence-electron chi connectivity index (χ3n) is 3.64. The average molecular weight is 253 g/mol. The summed E-state index contributed by atoms with van der Waals surface area (Å²) < 4.78 is 2.35. The molecule has 0 bridgehead atoms. The van der Waals surface area contributed by atoms with E-state index in [4.69, 9.17) is 0 Å². The first-order chi connectivity index (χ1) is 8.31. The highest BCUT2D eigenvalue weighted by molar-refractivity contribution is 7.99. The predicted molar refractivity (Wildman–Crippen MR) is 74.7 cm³/mol. The fourth-order valence-corrected chi connectivity index (χ4v) is 2.74. The third-order valence-corrected chi connectivity index (χ3v) is 4.68. The van der Waals surface area contributed by atoms with E-state index in [1.807, 2.05) is 18.1 Å². The minimum Gasteiger partial charge on any atom is -0.334 e. The average Bonchev–Trinajstić information content (AvgIpc) is 2.85. The van der Waals surface area contributed by atoms with Crippen molar-refractivity contribution >= 4 is 11.8 Å². The molecule has 0 aliphatic carbocycles. The zero-order chi connectivity index (χ0) is 12.1. The molecule has 1 aromatic heterocycles. The Bertz CT molecular complexity index is 331. The summed E-state index contributed by atoms with van der Waals surface area (Å²) in [4.78, 5) is 4.33. The van der Waals surface area contributed by atoms with Gasteiger partial charge in [-0.15, -0.1) is 0 Å². The third kappa shape index (κ3) is 3.49. The molecule has 17 heavy (non-hydrogen) atoms. The highest BCUT2D eigenvalue weighted by atomic mass is 32.2. The van der Waals surface area contributed by atoms with Crippen LogP contribution in [-0.2, 0) is 6.54 Å². The SMILES string of the molecule is CSC(C)CCn1cncc1C1CCCNC1. The van der Waals surface area contributed by atoms with Crippen LogP contribution in [0.1, 0.15) is 37.8 Å². The van der Waals surface area contributed by atoms with E-state index in [-0.39, 0.29) is 0 Å². The maximum absolute atomic E-state index is 4.33. The molecule has 1 aliphatic heterocycles. The molecule has 4 heteroatoms. The first-order valence-corrected chi connectivity index (χ1v) is 7.83. The maximum atomic E-state index is 4.33. The molecule has 3 nitrogen and oxygen atoms in total. The van der Waals surface area contributed by atoms with Crippen LogP contribution in [0.4, 0.5) is 0 Å². The normalized spacial score (nSPS) is 22.6. The van der Waals surface area contributed by atoms with Gasteiger partial charge in [-0.2, -0.15) is 11.8 Å². The lowest BCUT2D eigenvalue weighted by atomic mass is 9.96. The van der Waals surface area contributed by atoms with Crippen molar-refractivity contribution < 1.29 is 0 Å². The minimum atomic E-state index is 0.663. The number of aryl methyl sites for hydroxylation is 1. The van der Waals surface area contributed by atoms with E-state index in [1.165, 1.54) is 31.5 Å². The topological polar surface area (TPSA) is 29.9 Å². The summed E-state index contributed by atoms with van der Waals surface area (Å²) in [5.74, 6) is 0.663. The molecule has 0 spiro atoms. The molecule has 2 rings (SSSR count). The maximum Gasteiger partial charge on any atom is 0.0948 e. The molecular weight excluding hydrogens is 230 g/mol. The van der Waals surface area contributed by atoms with E-state index < -0.39 is 0 Å². The Labute approximate surface area is 108 Å². The Hall–Kier alpha value is -0.480. The van der Waals surface area contributed by atoms with Crippen molar-refractivity contribution in [3.05, 3.63) is 18.2 Å². The van der Waals surface area contributed by atoms with Crippen molar-refractivity contribution in [1.29, 1.82) is 0 Å². The van der Waals surface area contributed by atoms with Crippen LogP contribution in [0, 0.1) is 0 Å². The lowest BCUT2D eigenvalue weighted by Crippen LogP contribution is -2.29. The molecule has 0 amide bonds. The summed E-state index contributed by atoms with van der Waals surface area (Å²) >= 11 is 1.94. The Balaban J connectivity index is 1.95. The number of rotatable bonds is 5. The number of hydrogen-bond donors (Lipinski definition) is 1. The van der Waals surface area contributed by atoms with Gasteiger partial charge in [0.2, 0.25) is 0 Å². The highest BCUT2D eigenvalue weighted by Crippen LogP contribution is 2.23. The van der Waals surface area contributed by atoms with Crippen LogP contribution >= 0.6 is 11.8 Å². The molecule has 0 radical (unpaired) electrons. The molecule has 1 fully saturated rings. The van der Waals surface area contributed by atoms with Crippen molar-refractivity contribution in [2.75, 3.05) is 19.3 Å². The Morgan fingerprint density at radius 1 is 1.65 bits per heavy atom. The first kappa shape index (κ1) is 13.0. The lowest BCUT2D eigenvalue weighted by molar-refractivity contribution is 0.438. The van der Waals surface area contributed by atoms with Gasteiger partial charge in [0.05, 0.1) is 6.33 Å². The molecule has 0 aromatic carbocycles. The van der Waals surface area contributed by atoms with Gasteiger partial charge in [0, 0.05) is 36.1 Å². The fraction of sp³-hybridized carbons (Fsp3) is 0.769. The summed E-state index contributed by atoms with van der Waals surface area (Å²) in [6.07, 6.45) is 10.1. The Morgan fingerprint density at radius 3 is 3.24 bits per heavy atom. The summed E-state index contributed by atoms with van der Waals surface area (Å²) in [5, 5.41) is 4.21. The molecule has 1 saturated heterocycles. The van der Waals surface area contributed by atoms with Gasteiger partial charge in [-0.25, -0.2) is 4.98 Å². The van der Waals surface area contributed by atoms with Crippen LogP contribution in [-0.4, -0.2) is 34.1 Å². The van der Waals surface area contributed by atoms with Crippen LogP contribution < -0.4 is 5.32 Å². The van der Waals surface area contributed by atoms with Gasteiger partial charge < -0.3 is 9.88 Å². The number of piperidine rings is 1. The summed E-state index contributed by atoms with van der Waals surface area (Å²) in [7, 11) is 0. The molecule has 1 N–H and O–H groups in total. The molecule has 96 valence electrons. The molecule has 1 aromatic rings. The van der Waals surface area contributed by atoms with Gasteiger partial charge in [0.1, 0.15) is 0 Å². The minimum absolute atomic E-state index is 0.663. The summed E-state index contributed by atoms with van der Waals surface area (Å²) in [6.45, 7) is 5.69. The van der Waals surface area contributed by atoms with Gasteiger partial charge in [-0.1, -0.05) is 6.92 Å². The molecule has 2 unspecified atom stereocenters. The van der Waals surface area contributed by atoms with E-state index >= 15 is 0 Å². The van der Waals surface area contributed by atoms with Gasteiger partial charge in [-0.3, -0.25) is 0 Å². The van der Waals surface area contributed by atoms with Crippen molar-refractivity contribution in [3.63, 3.8) is 0 Å². The zero-order valence-electron chi connectivity index (χ0n) is 10.9.